The lowest BCUT2D eigenvalue weighted by Gasteiger charge is -1.99. The number of hydrogen-bond donors (Lipinski definition) is 0. The van der Waals surface area contributed by atoms with Crippen LogP contribution in [0.25, 0.3) is 17.0 Å². The summed E-state index contributed by atoms with van der Waals surface area (Å²) in [6.45, 7) is 3.70. The van der Waals surface area contributed by atoms with E-state index in [9.17, 15) is 8.78 Å². The summed E-state index contributed by atoms with van der Waals surface area (Å²) in [7, 11) is 0. The molecular formula is C12H8F2N. The van der Waals surface area contributed by atoms with Crippen LogP contribution in [-0.2, 0) is 0 Å². The molecule has 1 aromatic carbocycles. The van der Waals surface area contributed by atoms with Crippen molar-refractivity contribution in [2.45, 2.75) is 0 Å². The van der Waals surface area contributed by atoms with Crippen molar-refractivity contribution in [3.8, 4) is 0 Å². The highest BCUT2D eigenvalue weighted by molar-refractivity contribution is 5.81. The largest absolute Gasteiger partial charge is 0.270 e. The SMILES string of the molecule is [CH2]c1ccc2cc(C=C(F)F)ccc2n1. The maximum Gasteiger partial charge on any atom is 0.270 e. The Morgan fingerprint density at radius 2 is 2.00 bits per heavy atom. The van der Waals surface area contributed by atoms with E-state index in [0.717, 1.165) is 17.0 Å². The Morgan fingerprint density at radius 3 is 2.73 bits per heavy atom. The Labute approximate surface area is 86.1 Å². The van der Waals surface area contributed by atoms with Gasteiger partial charge in [0.2, 0.25) is 0 Å². The minimum atomic E-state index is -1.70. The molecular weight excluding hydrogens is 196 g/mol. The molecule has 0 saturated carbocycles. The smallest absolute Gasteiger partial charge is 0.253 e. The number of hydrogen-bond acceptors (Lipinski definition) is 1. The van der Waals surface area contributed by atoms with Gasteiger partial charge < -0.3 is 0 Å². The van der Waals surface area contributed by atoms with Crippen molar-refractivity contribution < 1.29 is 8.78 Å². The third-order valence-electron chi connectivity index (χ3n) is 2.05. The third kappa shape index (κ3) is 2.18. The van der Waals surface area contributed by atoms with Gasteiger partial charge in [-0.1, -0.05) is 12.1 Å². The molecule has 0 aliphatic heterocycles. The summed E-state index contributed by atoms with van der Waals surface area (Å²) in [5.74, 6) is 0. The van der Waals surface area contributed by atoms with Gasteiger partial charge in [0.05, 0.1) is 5.52 Å². The lowest BCUT2D eigenvalue weighted by molar-refractivity contribution is 0.429. The number of aromatic nitrogens is 1. The minimum Gasteiger partial charge on any atom is -0.253 e. The third-order valence-corrected chi connectivity index (χ3v) is 2.05. The van der Waals surface area contributed by atoms with E-state index in [2.05, 4.69) is 11.9 Å². The van der Waals surface area contributed by atoms with Crippen LogP contribution < -0.4 is 0 Å². The van der Waals surface area contributed by atoms with Gasteiger partial charge >= 0.3 is 0 Å². The molecule has 0 unspecified atom stereocenters. The van der Waals surface area contributed by atoms with Crippen molar-refractivity contribution in [1.29, 1.82) is 0 Å². The second-order valence-corrected chi connectivity index (χ2v) is 3.19. The average molecular weight is 204 g/mol. The Hall–Kier alpha value is -1.77. The molecule has 0 fully saturated rings. The van der Waals surface area contributed by atoms with Crippen LogP contribution in [0.2, 0.25) is 0 Å². The van der Waals surface area contributed by atoms with Crippen molar-refractivity contribution in [3.05, 3.63) is 54.6 Å². The molecule has 1 aromatic heterocycles. The molecule has 0 aliphatic carbocycles. The van der Waals surface area contributed by atoms with E-state index in [1.807, 2.05) is 6.07 Å². The van der Waals surface area contributed by atoms with Crippen molar-refractivity contribution in [1.82, 2.24) is 4.98 Å². The van der Waals surface area contributed by atoms with Crippen LogP contribution in [0.5, 0.6) is 0 Å². The highest BCUT2D eigenvalue weighted by Crippen LogP contribution is 2.17. The normalized spacial score (nSPS) is 10.3. The fraction of sp³-hybridized carbons (Fsp3) is 0. The lowest BCUT2D eigenvalue weighted by Crippen LogP contribution is -1.83. The van der Waals surface area contributed by atoms with Crippen molar-refractivity contribution in [2.75, 3.05) is 0 Å². The van der Waals surface area contributed by atoms with Gasteiger partial charge in [-0.05, 0) is 30.7 Å². The van der Waals surface area contributed by atoms with Crippen LogP contribution in [-0.4, -0.2) is 4.98 Å². The highest BCUT2D eigenvalue weighted by atomic mass is 19.3. The number of rotatable bonds is 1. The van der Waals surface area contributed by atoms with E-state index in [0.29, 0.717) is 11.3 Å². The molecule has 1 nitrogen and oxygen atoms in total. The zero-order valence-electron chi connectivity index (χ0n) is 7.87. The summed E-state index contributed by atoms with van der Waals surface area (Å²) in [6, 6.07) is 8.55. The van der Waals surface area contributed by atoms with E-state index in [4.69, 9.17) is 0 Å². The molecule has 0 aliphatic rings. The lowest BCUT2D eigenvalue weighted by atomic mass is 10.1. The van der Waals surface area contributed by atoms with E-state index in [1.165, 1.54) is 0 Å². The van der Waals surface area contributed by atoms with Gasteiger partial charge in [-0.15, -0.1) is 0 Å². The summed E-state index contributed by atoms with van der Waals surface area (Å²) in [5, 5.41) is 0.831. The second-order valence-electron chi connectivity index (χ2n) is 3.19. The summed E-state index contributed by atoms with van der Waals surface area (Å²) < 4.78 is 24.0. The Bertz CT molecular complexity index is 528. The van der Waals surface area contributed by atoms with Crippen molar-refractivity contribution in [3.63, 3.8) is 0 Å². The van der Waals surface area contributed by atoms with Gasteiger partial charge in [0, 0.05) is 17.2 Å². The zero-order chi connectivity index (χ0) is 10.8. The molecule has 75 valence electrons. The van der Waals surface area contributed by atoms with E-state index < -0.39 is 6.08 Å². The van der Waals surface area contributed by atoms with Crippen LogP contribution in [0.15, 0.2) is 36.4 Å². The van der Waals surface area contributed by atoms with Gasteiger partial charge in [-0.25, -0.2) is 0 Å². The van der Waals surface area contributed by atoms with Gasteiger partial charge in [0.1, 0.15) is 0 Å². The molecule has 2 aromatic rings. The topological polar surface area (TPSA) is 12.9 Å². The molecule has 0 saturated heterocycles. The molecule has 0 spiro atoms. The van der Waals surface area contributed by atoms with Gasteiger partial charge in [-0.2, -0.15) is 8.78 Å². The van der Waals surface area contributed by atoms with Crippen molar-refractivity contribution >= 4 is 17.0 Å². The molecule has 0 atom stereocenters. The van der Waals surface area contributed by atoms with Crippen LogP contribution >= 0.6 is 0 Å². The summed E-state index contributed by atoms with van der Waals surface area (Å²) in [6.07, 6.45) is -0.867. The number of benzene rings is 1. The van der Waals surface area contributed by atoms with Crippen LogP contribution in [0.3, 0.4) is 0 Å². The summed E-state index contributed by atoms with van der Waals surface area (Å²) >= 11 is 0. The van der Waals surface area contributed by atoms with E-state index >= 15 is 0 Å². The van der Waals surface area contributed by atoms with Crippen molar-refractivity contribution in [2.24, 2.45) is 0 Å². The first-order valence-electron chi connectivity index (χ1n) is 4.40. The predicted octanol–water partition coefficient (Wildman–Crippen LogP) is 3.65. The predicted molar refractivity (Wildman–Crippen MR) is 56.4 cm³/mol. The van der Waals surface area contributed by atoms with Gasteiger partial charge in [0.25, 0.3) is 6.08 Å². The maximum absolute atomic E-state index is 12.0. The summed E-state index contributed by atoms with van der Waals surface area (Å²) in [5.41, 5.74) is 1.91. The first-order chi connectivity index (χ1) is 7.15. The minimum absolute atomic E-state index is 0.473. The monoisotopic (exact) mass is 204 g/mol. The molecule has 1 heterocycles. The molecule has 0 bridgehead atoms. The fourth-order valence-corrected chi connectivity index (χ4v) is 1.40. The number of pyridine rings is 1. The standard InChI is InChI=1S/C12H8F2N/c1-8-2-4-10-6-9(7-12(13)14)3-5-11(10)15-8/h2-7H,1H2. The maximum atomic E-state index is 12.0. The van der Waals surface area contributed by atoms with Crippen LogP contribution in [0, 0.1) is 6.92 Å². The molecule has 1 radical (unpaired) electrons. The second kappa shape index (κ2) is 3.77. The highest BCUT2D eigenvalue weighted by Gasteiger charge is 1.98. The quantitative estimate of drug-likeness (QED) is 0.690. The Balaban J connectivity index is 2.57. The summed E-state index contributed by atoms with van der Waals surface area (Å²) in [4.78, 5) is 4.18. The zero-order valence-corrected chi connectivity index (χ0v) is 7.87. The Kier molecular flexibility index (Phi) is 2.46. The van der Waals surface area contributed by atoms with E-state index in [-0.39, 0.29) is 0 Å². The number of nitrogens with zero attached hydrogens (tertiary/aromatic N) is 1. The molecule has 2 rings (SSSR count). The first-order valence-corrected chi connectivity index (χ1v) is 4.40. The first kappa shape index (κ1) is 9.77. The van der Waals surface area contributed by atoms with E-state index in [1.54, 1.807) is 24.3 Å². The molecule has 15 heavy (non-hydrogen) atoms. The number of halogens is 2. The molecule has 0 amide bonds. The number of fused-ring (bicyclic) bond motifs is 1. The van der Waals surface area contributed by atoms with Gasteiger partial charge in [-0.3, -0.25) is 4.98 Å². The Morgan fingerprint density at radius 1 is 1.20 bits per heavy atom. The van der Waals surface area contributed by atoms with Crippen LogP contribution in [0.1, 0.15) is 11.3 Å². The average Bonchev–Trinajstić information content (AvgIpc) is 2.17. The molecule has 0 N–H and O–H groups in total. The molecule has 3 heteroatoms. The fourth-order valence-electron chi connectivity index (χ4n) is 1.40. The van der Waals surface area contributed by atoms with Crippen LogP contribution in [0.4, 0.5) is 8.78 Å². The van der Waals surface area contributed by atoms with Gasteiger partial charge in [0.15, 0.2) is 0 Å².